The van der Waals surface area contributed by atoms with Crippen LogP contribution >= 0.6 is 15.9 Å². The Morgan fingerprint density at radius 1 is 1.57 bits per heavy atom. The number of carbonyl (C=O) groups excluding carboxylic acids is 1. The molecule has 0 saturated carbocycles. The van der Waals surface area contributed by atoms with Crippen molar-refractivity contribution in [2.24, 2.45) is 0 Å². The lowest BCUT2D eigenvalue weighted by molar-refractivity contribution is 0.0990. The van der Waals surface area contributed by atoms with E-state index in [-0.39, 0.29) is 10.6 Å². The fourth-order valence-corrected chi connectivity index (χ4v) is 1.45. The number of hydrogen-bond donors (Lipinski definition) is 0. The molecule has 5 heteroatoms. The molecule has 0 fully saturated rings. The summed E-state index contributed by atoms with van der Waals surface area (Å²) in [6.07, 6.45) is 4.97. The molecule has 2 aromatic rings. The second-order valence-corrected chi connectivity index (χ2v) is 4.29. The average molecular weight is 254 g/mol. The van der Waals surface area contributed by atoms with Gasteiger partial charge in [0.25, 0.3) is 0 Å². The Balaban J connectivity index is 2.58. The zero-order chi connectivity index (χ0) is 10.1. The summed E-state index contributed by atoms with van der Waals surface area (Å²) in [7, 11) is 0. The normalized spacial score (nSPS) is 13.0. The minimum atomic E-state index is -0.206. The van der Waals surface area contributed by atoms with Gasteiger partial charge in [-0.2, -0.15) is 0 Å². The van der Waals surface area contributed by atoms with E-state index in [0.29, 0.717) is 11.5 Å². The van der Waals surface area contributed by atoms with E-state index >= 15 is 0 Å². The summed E-state index contributed by atoms with van der Waals surface area (Å²) in [4.78, 5) is 19.5. The molecule has 4 nitrogen and oxygen atoms in total. The van der Waals surface area contributed by atoms with Gasteiger partial charge in [0.1, 0.15) is 5.69 Å². The number of aromatic nitrogens is 3. The van der Waals surface area contributed by atoms with Crippen LogP contribution in [-0.2, 0) is 0 Å². The molecule has 0 amide bonds. The summed E-state index contributed by atoms with van der Waals surface area (Å²) in [5.41, 5.74) is 0.553. The van der Waals surface area contributed by atoms with Crippen molar-refractivity contribution in [3.05, 3.63) is 30.4 Å². The second kappa shape index (κ2) is 3.49. The molecule has 0 radical (unpaired) electrons. The zero-order valence-electron chi connectivity index (χ0n) is 7.51. The predicted molar refractivity (Wildman–Crippen MR) is 55.7 cm³/mol. The molecule has 0 N–H and O–H groups in total. The maximum atomic E-state index is 11.7. The standard InChI is InChI=1S/C9H8BrN3O/c1-6(10)8(14)7-5-12-9-11-3-2-4-13(7)9/h2-6H,1H3. The Morgan fingerprint density at radius 3 is 3.07 bits per heavy atom. The quantitative estimate of drug-likeness (QED) is 0.605. The van der Waals surface area contributed by atoms with E-state index in [1.165, 1.54) is 0 Å². The van der Waals surface area contributed by atoms with Crippen LogP contribution < -0.4 is 0 Å². The topological polar surface area (TPSA) is 47.3 Å². The van der Waals surface area contributed by atoms with Gasteiger partial charge in [-0.25, -0.2) is 9.97 Å². The number of rotatable bonds is 2. The van der Waals surface area contributed by atoms with Crippen LogP contribution in [0.5, 0.6) is 0 Å². The van der Waals surface area contributed by atoms with E-state index in [4.69, 9.17) is 0 Å². The molecule has 0 aliphatic heterocycles. The largest absolute Gasteiger partial charge is 0.291 e. The van der Waals surface area contributed by atoms with Crippen LogP contribution in [0.2, 0.25) is 0 Å². The van der Waals surface area contributed by atoms with E-state index in [9.17, 15) is 4.79 Å². The van der Waals surface area contributed by atoms with Crippen molar-refractivity contribution < 1.29 is 4.79 Å². The summed E-state index contributed by atoms with van der Waals surface area (Å²) in [5.74, 6) is 0.550. The van der Waals surface area contributed by atoms with Gasteiger partial charge in [-0.05, 0) is 13.0 Å². The minimum absolute atomic E-state index is 0.00509. The summed E-state index contributed by atoms with van der Waals surface area (Å²) < 4.78 is 1.68. The number of ketones is 1. The van der Waals surface area contributed by atoms with Gasteiger partial charge in [-0.15, -0.1) is 0 Å². The van der Waals surface area contributed by atoms with Crippen LogP contribution in [-0.4, -0.2) is 25.0 Å². The summed E-state index contributed by atoms with van der Waals surface area (Å²) >= 11 is 3.24. The van der Waals surface area contributed by atoms with Crippen molar-refractivity contribution in [1.29, 1.82) is 0 Å². The van der Waals surface area contributed by atoms with Crippen molar-refractivity contribution in [2.75, 3.05) is 0 Å². The number of Topliss-reactive ketones (excluding diaryl/α,β-unsaturated/α-hetero) is 1. The second-order valence-electron chi connectivity index (χ2n) is 2.91. The lowest BCUT2D eigenvalue weighted by Gasteiger charge is -2.01. The average Bonchev–Trinajstić information content (AvgIpc) is 2.60. The highest BCUT2D eigenvalue weighted by Crippen LogP contribution is 2.10. The van der Waals surface area contributed by atoms with Gasteiger partial charge in [0.2, 0.25) is 5.78 Å². The molecular formula is C9H8BrN3O. The first-order valence-corrected chi connectivity index (χ1v) is 5.08. The van der Waals surface area contributed by atoms with E-state index in [0.717, 1.165) is 0 Å². The first kappa shape index (κ1) is 9.33. The summed E-state index contributed by atoms with van der Waals surface area (Å²) in [6, 6.07) is 1.77. The highest BCUT2D eigenvalue weighted by atomic mass is 79.9. The third-order valence-electron chi connectivity index (χ3n) is 1.90. The van der Waals surface area contributed by atoms with Crippen molar-refractivity contribution in [3.63, 3.8) is 0 Å². The van der Waals surface area contributed by atoms with E-state index in [1.54, 1.807) is 36.0 Å². The van der Waals surface area contributed by atoms with Gasteiger partial charge in [0, 0.05) is 12.4 Å². The number of carbonyl (C=O) groups is 1. The van der Waals surface area contributed by atoms with Crippen molar-refractivity contribution in [3.8, 4) is 0 Å². The van der Waals surface area contributed by atoms with Crippen LogP contribution in [0.1, 0.15) is 17.4 Å². The molecule has 0 aliphatic carbocycles. The molecule has 2 rings (SSSR count). The maximum Gasteiger partial charge on any atom is 0.234 e. The van der Waals surface area contributed by atoms with Crippen molar-refractivity contribution in [2.45, 2.75) is 11.8 Å². The SMILES string of the molecule is CC(Br)C(=O)c1cnc2ncccn12. The molecule has 0 bridgehead atoms. The van der Waals surface area contributed by atoms with Gasteiger partial charge in [0.05, 0.1) is 11.0 Å². The Labute approximate surface area is 89.1 Å². The van der Waals surface area contributed by atoms with Crippen molar-refractivity contribution in [1.82, 2.24) is 14.4 Å². The van der Waals surface area contributed by atoms with Crippen LogP contribution in [0.4, 0.5) is 0 Å². The van der Waals surface area contributed by atoms with Crippen molar-refractivity contribution >= 4 is 27.5 Å². The monoisotopic (exact) mass is 253 g/mol. The zero-order valence-corrected chi connectivity index (χ0v) is 9.10. The molecule has 2 heterocycles. The number of nitrogens with zero attached hydrogens (tertiary/aromatic N) is 3. The molecule has 72 valence electrons. The predicted octanol–water partition coefficient (Wildman–Crippen LogP) is 1.70. The Morgan fingerprint density at radius 2 is 2.36 bits per heavy atom. The van der Waals surface area contributed by atoms with Gasteiger partial charge >= 0.3 is 0 Å². The minimum Gasteiger partial charge on any atom is -0.291 e. The number of halogens is 1. The smallest absolute Gasteiger partial charge is 0.234 e. The highest BCUT2D eigenvalue weighted by molar-refractivity contribution is 9.10. The van der Waals surface area contributed by atoms with Crippen LogP contribution in [0.15, 0.2) is 24.7 Å². The maximum absolute atomic E-state index is 11.7. The number of fused-ring (bicyclic) bond motifs is 1. The Kier molecular flexibility index (Phi) is 2.33. The Hall–Kier alpha value is -1.23. The highest BCUT2D eigenvalue weighted by Gasteiger charge is 2.16. The number of hydrogen-bond acceptors (Lipinski definition) is 3. The van der Waals surface area contributed by atoms with Gasteiger partial charge in [-0.1, -0.05) is 15.9 Å². The third kappa shape index (κ3) is 1.43. The van der Waals surface area contributed by atoms with E-state index in [1.807, 2.05) is 0 Å². The van der Waals surface area contributed by atoms with E-state index < -0.39 is 0 Å². The van der Waals surface area contributed by atoms with Crippen LogP contribution in [0, 0.1) is 0 Å². The Bertz CT molecular complexity index is 478. The molecule has 0 aliphatic rings. The molecule has 1 unspecified atom stereocenters. The van der Waals surface area contributed by atoms with Gasteiger partial charge in [0.15, 0.2) is 5.78 Å². The number of imidazole rings is 1. The molecule has 1 atom stereocenters. The molecule has 0 saturated heterocycles. The first-order chi connectivity index (χ1) is 6.70. The fraction of sp³-hybridized carbons (Fsp3) is 0.222. The van der Waals surface area contributed by atoms with Crippen LogP contribution in [0.25, 0.3) is 5.78 Å². The van der Waals surface area contributed by atoms with Crippen LogP contribution in [0.3, 0.4) is 0 Å². The first-order valence-electron chi connectivity index (χ1n) is 4.16. The fourth-order valence-electron chi connectivity index (χ4n) is 1.21. The molecule has 0 spiro atoms. The van der Waals surface area contributed by atoms with Gasteiger partial charge < -0.3 is 0 Å². The molecule has 14 heavy (non-hydrogen) atoms. The van der Waals surface area contributed by atoms with Gasteiger partial charge in [-0.3, -0.25) is 9.20 Å². The molecule has 0 aromatic carbocycles. The summed E-state index contributed by atoms with van der Waals surface area (Å²) in [6.45, 7) is 1.79. The third-order valence-corrected chi connectivity index (χ3v) is 2.32. The lowest BCUT2D eigenvalue weighted by Crippen LogP contribution is -2.12. The van der Waals surface area contributed by atoms with E-state index in [2.05, 4.69) is 25.9 Å². The molecular weight excluding hydrogens is 246 g/mol. The number of alkyl halides is 1. The summed E-state index contributed by atoms with van der Waals surface area (Å²) in [5, 5.41) is 0. The molecule has 2 aromatic heterocycles. The lowest BCUT2D eigenvalue weighted by atomic mass is 10.2.